The summed E-state index contributed by atoms with van der Waals surface area (Å²) in [4.78, 5) is 134. The molecule has 0 bridgehead atoms. The van der Waals surface area contributed by atoms with Crippen LogP contribution in [0.25, 0.3) is 10.9 Å². The number of imidazole rings is 1. The van der Waals surface area contributed by atoms with Crippen LogP contribution in [0.15, 0.2) is 73.3 Å². The average Bonchev–Trinajstić information content (AvgIpc) is 4.04. The monoisotopic (exact) mass is 1020 g/mol. The highest BCUT2D eigenvalue weighted by Gasteiger charge is 2.35. The SMILES string of the molecule is CCCC[C@H](NC(C)=O)C(=O)N[C@H]1CCC(=O)NCCCC(C(=O)O)NC(=O)[C@H](Cc2c[nH]c3ccccc23)NC(=O)[C@H](CCCNC(=N)N)NC(=O)[C@@H](Cc2ccccc2)NC(=O)[C@H](Cc2c[nH]cn2)NC1=O. The number of fused-ring (bicyclic) bond motifs is 1. The first kappa shape index (κ1) is 56.6. The molecule has 8 amide bonds. The Morgan fingerprint density at radius 2 is 1.45 bits per heavy atom. The van der Waals surface area contributed by atoms with Crippen molar-refractivity contribution in [2.75, 3.05) is 13.1 Å². The minimum Gasteiger partial charge on any atom is -0.480 e. The van der Waals surface area contributed by atoms with Crippen molar-refractivity contribution in [3.8, 4) is 0 Å². The number of rotatable bonds is 17. The summed E-state index contributed by atoms with van der Waals surface area (Å²) in [5.74, 6) is -7.71. The molecule has 24 heteroatoms. The Morgan fingerprint density at radius 3 is 2.12 bits per heavy atom. The zero-order chi connectivity index (χ0) is 53.6. The van der Waals surface area contributed by atoms with Crippen LogP contribution < -0.4 is 53.6 Å². The summed E-state index contributed by atoms with van der Waals surface area (Å²) >= 11 is 0. The maximum Gasteiger partial charge on any atom is 0.326 e. The summed E-state index contributed by atoms with van der Waals surface area (Å²) in [5.41, 5.74) is 7.82. The number of benzene rings is 2. The lowest BCUT2D eigenvalue weighted by molar-refractivity contribution is -0.142. The predicted molar refractivity (Wildman–Crippen MR) is 271 cm³/mol. The molecule has 5 rings (SSSR count). The van der Waals surface area contributed by atoms with Gasteiger partial charge in [0.05, 0.1) is 12.0 Å². The summed E-state index contributed by atoms with van der Waals surface area (Å²) in [6.45, 7) is 3.21. The molecule has 0 radical (unpaired) electrons. The smallest absolute Gasteiger partial charge is 0.326 e. The van der Waals surface area contributed by atoms with Crippen LogP contribution >= 0.6 is 0 Å². The number of aromatic amines is 2. The second-order valence-corrected chi connectivity index (χ2v) is 18.1. The molecule has 24 nitrogen and oxygen atoms in total. The number of carboxylic acid groups (broad SMARTS) is 1. The van der Waals surface area contributed by atoms with Gasteiger partial charge in [0.15, 0.2) is 5.96 Å². The lowest BCUT2D eigenvalue weighted by Crippen LogP contribution is -2.60. The Bertz CT molecular complexity index is 2570. The van der Waals surface area contributed by atoms with Crippen molar-refractivity contribution in [1.82, 2.24) is 62.8 Å². The van der Waals surface area contributed by atoms with Crippen molar-refractivity contribution >= 4 is 70.1 Å². The molecule has 7 atom stereocenters. The topological polar surface area (TPSA) is 376 Å². The number of H-pyrrole nitrogens is 2. The number of nitrogens with zero attached hydrogens (tertiary/aromatic N) is 1. The Hall–Kier alpha value is -8.31. The van der Waals surface area contributed by atoms with Gasteiger partial charge in [-0.3, -0.25) is 43.8 Å². The van der Waals surface area contributed by atoms with Crippen LogP contribution in [0, 0.1) is 5.41 Å². The third kappa shape index (κ3) is 18.1. The number of carbonyl (C=O) groups excluding carboxylic acids is 8. The third-order valence-electron chi connectivity index (χ3n) is 12.3. The number of aromatic nitrogens is 3. The zero-order valence-corrected chi connectivity index (χ0v) is 41.5. The van der Waals surface area contributed by atoms with E-state index in [1.807, 2.05) is 25.1 Å². The van der Waals surface area contributed by atoms with Gasteiger partial charge < -0.3 is 68.7 Å². The first-order valence-corrected chi connectivity index (χ1v) is 24.7. The van der Waals surface area contributed by atoms with E-state index in [1.165, 1.54) is 19.4 Å². The molecule has 15 N–H and O–H groups in total. The Kier molecular flexibility index (Phi) is 21.9. The number of amides is 8. The second kappa shape index (κ2) is 28.7. The summed E-state index contributed by atoms with van der Waals surface area (Å²) in [6, 6.07) is 6.35. The number of hydrogen-bond donors (Lipinski definition) is 14. The summed E-state index contributed by atoms with van der Waals surface area (Å²) in [7, 11) is 0. The summed E-state index contributed by atoms with van der Waals surface area (Å²) < 4.78 is 0. The van der Waals surface area contributed by atoms with E-state index in [4.69, 9.17) is 11.1 Å². The molecular weight excluding hydrogens is 957 g/mol. The molecule has 0 saturated carbocycles. The maximum absolute atomic E-state index is 14.7. The van der Waals surface area contributed by atoms with E-state index in [0.29, 0.717) is 29.7 Å². The average molecular weight is 1030 g/mol. The van der Waals surface area contributed by atoms with E-state index < -0.39 is 95.5 Å². The van der Waals surface area contributed by atoms with Crippen molar-refractivity contribution in [3.63, 3.8) is 0 Å². The standard InChI is InChI=1S/C50H68N14O10/c1-3-4-15-35(58-29(2)65)43(67)60-37-19-20-42(66)54-21-11-18-38(49(73)74)61-47(71)40(24-31-26-56-34-16-9-8-14-33(31)34)63-44(68)36(17-10-22-55-50(51)52)59-46(70)39(23-30-12-6-5-7-13-30)62-48(72)41(64-45(37)69)25-32-27-53-28-57-32/h5-9,12-14,16,26-28,35-41,56H,3-4,10-11,15,17-25H2,1-2H3,(H,53,57)(H,54,66)(H,58,65)(H,59,70)(H,60,67)(H,61,71)(H,62,72)(H,63,68)(H,64,69)(H,73,74)(H4,51,52,55)/t35-,36-,37-,38?,39+,40-,41-/m0/s1. The summed E-state index contributed by atoms with van der Waals surface area (Å²) in [6.07, 6.45) is 5.01. The molecule has 74 heavy (non-hydrogen) atoms. The number of carboxylic acids is 1. The largest absolute Gasteiger partial charge is 0.480 e. The number of aliphatic carboxylic acids is 1. The van der Waals surface area contributed by atoms with Crippen LogP contribution in [0.2, 0.25) is 0 Å². The van der Waals surface area contributed by atoms with Crippen LogP contribution in [0.5, 0.6) is 0 Å². The Morgan fingerprint density at radius 1 is 0.797 bits per heavy atom. The normalized spacial score (nSPS) is 21.3. The fraction of sp³-hybridized carbons (Fsp3) is 0.460. The van der Waals surface area contributed by atoms with E-state index in [0.717, 1.165) is 10.9 Å². The van der Waals surface area contributed by atoms with Gasteiger partial charge in [-0.15, -0.1) is 0 Å². The fourth-order valence-electron chi connectivity index (χ4n) is 8.39. The molecule has 2 aromatic heterocycles. The number of carbonyl (C=O) groups is 9. The minimum absolute atomic E-state index is 0.0469. The lowest BCUT2D eigenvalue weighted by atomic mass is 10.0. The molecule has 1 unspecified atom stereocenters. The molecule has 2 aromatic carbocycles. The van der Waals surface area contributed by atoms with Crippen LogP contribution in [0.4, 0.5) is 0 Å². The van der Waals surface area contributed by atoms with Crippen LogP contribution in [0.3, 0.4) is 0 Å². The molecule has 3 heterocycles. The van der Waals surface area contributed by atoms with E-state index in [9.17, 15) is 48.3 Å². The van der Waals surface area contributed by atoms with Gasteiger partial charge >= 0.3 is 5.97 Å². The number of nitrogens with one attached hydrogen (secondary N) is 12. The summed E-state index contributed by atoms with van der Waals surface area (Å²) in [5, 5.41) is 42.7. The van der Waals surface area contributed by atoms with Crippen molar-refractivity contribution in [2.24, 2.45) is 5.73 Å². The Labute approximate surface area is 427 Å². The van der Waals surface area contributed by atoms with E-state index in [-0.39, 0.29) is 83.3 Å². The number of guanidine groups is 1. The molecule has 1 aliphatic rings. The highest BCUT2D eigenvalue weighted by Crippen LogP contribution is 2.20. The van der Waals surface area contributed by atoms with E-state index in [2.05, 4.69) is 62.8 Å². The first-order valence-electron chi connectivity index (χ1n) is 24.7. The van der Waals surface area contributed by atoms with Crippen LogP contribution in [0.1, 0.15) is 88.5 Å². The highest BCUT2D eigenvalue weighted by atomic mass is 16.4. The van der Waals surface area contributed by atoms with Gasteiger partial charge in [-0.1, -0.05) is 68.3 Å². The lowest BCUT2D eigenvalue weighted by Gasteiger charge is -2.28. The number of unbranched alkanes of at least 4 members (excludes halogenated alkanes) is 1. The fourth-order valence-corrected chi connectivity index (χ4v) is 8.39. The molecule has 398 valence electrons. The highest BCUT2D eigenvalue weighted by molar-refractivity contribution is 5.98. The number of nitrogens with two attached hydrogens (primary N) is 1. The van der Waals surface area contributed by atoms with Gasteiger partial charge in [0.2, 0.25) is 47.3 Å². The zero-order valence-electron chi connectivity index (χ0n) is 41.5. The Balaban J connectivity index is 1.55. The van der Waals surface area contributed by atoms with Gasteiger partial charge in [0.1, 0.15) is 42.3 Å². The van der Waals surface area contributed by atoms with Crippen LogP contribution in [-0.2, 0) is 62.4 Å². The van der Waals surface area contributed by atoms with Gasteiger partial charge in [-0.05, 0) is 55.7 Å². The molecule has 4 aromatic rings. The molecule has 1 aliphatic heterocycles. The van der Waals surface area contributed by atoms with Gasteiger partial charge in [-0.25, -0.2) is 9.78 Å². The molecule has 0 aliphatic carbocycles. The van der Waals surface area contributed by atoms with Crippen LogP contribution in [-0.4, -0.2) is 135 Å². The van der Waals surface area contributed by atoms with Crippen molar-refractivity contribution < 1.29 is 48.3 Å². The molecular formula is C50H68N14O10. The predicted octanol–water partition coefficient (Wildman–Crippen LogP) is -0.439. The first-order chi connectivity index (χ1) is 35.5. The van der Waals surface area contributed by atoms with Crippen molar-refractivity contribution in [1.29, 1.82) is 5.41 Å². The quantitative estimate of drug-likeness (QED) is 0.0363. The molecule has 1 fully saturated rings. The van der Waals surface area contributed by atoms with Crippen molar-refractivity contribution in [2.45, 2.75) is 133 Å². The van der Waals surface area contributed by atoms with Gasteiger partial charge in [-0.2, -0.15) is 0 Å². The van der Waals surface area contributed by atoms with Gasteiger partial charge in [0, 0.05) is 69.0 Å². The van der Waals surface area contributed by atoms with E-state index >= 15 is 0 Å². The second-order valence-electron chi connectivity index (χ2n) is 18.1. The third-order valence-corrected chi connectivity index (χ3v) is 12.3. The molecule has 0 spiro atoms. The molecule has 1 saturated heterocycles. The van der Waals surface area contributed by atoms with E-state index in [1.54, 1.807) is 42.6 Å². The number of para-hydroxylation sites is 1. The van der Waals surface area contributed by atoms with Crippen molar-refractivity contribution in [3.05, 3.63) is 90.1 Å². The number of hydrogen-bond acceptors (Lipinski definition) is 11. The maximum atomic E-state index is 14.7. The van der Waals surface area contributed by atoms with Gasteiger partial charge in [0.25, 0.3) is 0 Å². The minimum atomic E-state index is -1.47.